The van der Waals surface area contributed by atoms with Crippen LogP contribution in [0, 0.1) is 0 Å². The first-order valence-electron chi connectivity index (χ1n) is 6.80. The number of nitrogens with two attached hydrogens (primary N) is 1. The van der Waals surface area contributed by atoms with E-state index in [0.717, 1.165) is 19.6 Å². The highest BCUT2D eigenvalue weighted by Crippen LogP contribution is 2.10. The smallest absolute Gasteiger partial charge is 0.0237 e. The molecule has 19 heavy (non-hydrogen) atoms. The second-order valence-corrected chi connectivity index (χ2v) is 5.12. The molecule has 2 aromatic carbocycles. The molecule has 0 aliphatic heterocycles. The second kappa shape index (κ2) is 7.07. The molecule has 0 saturated carbocycles. The Morgan fingerprint density at radius 1 is 0.842 bits per heavy atom. The molecule has 0 unspecified atom stereocenters. The van der Waals surface area contributed by atoms with E-state index in [1.807, 2.05) is 0 Å². The lowest BCUT2D eigenvalue weighted by Gasteiger charge is -2.24. The molecule has 2 nitrogen and oxygen atoms in total. The fourth-order valence-corrected chi connectivity index (χ4v) is 2.28. The van der Waals surface area contributed by atoms with E-state index in [1.165, 1.54) is 11.1 Å². The molecule has 0 radical (unpaired) electrons. The lowest BCUT2D eigenvalue weighted by atomic mass is 10.1. The van der Waals surface area contributed by atoms with Crippen molar-refractivity contribution in [3.05, 3.63) is 71.8 Å². The van der Waals surface area contributed by atoms with Crippen molar-refractivity contribution in [1.29, 1.82) is 0 Å². The molecule has 2 N–H and O–H groups in total. The predicted octanol–water partition coefficient (Wildman–Crippen LogP) is 3.04. The second-order valence-electron chi connectivity index (χ2n) is 5.12. The van der Waals surface area contributed by atoms with Crippen LogP contribution in [0.1, 0.15) is 18.1 Å². The molecule has 100 valence electrons. The molecule has 2 aromatic rings. The molecular weight excluding hydrogens is 232 g/mol. The van der Waals surface area contributed by atoms with Gasteiger partial charge in [0, 0.05) is 25.7 Å². The van der Waals surface area contributed by atoms with Gasteiger partial charge >= 0.3 is 0 Å². The highest BCUT2D eigenvalue weighted by molar-refractivity contribution is 5.17. The number of benzene rings is 2. The summed E-state index contributed by atoms with van der Waals surface area (Å²) in [6.45, 7) is 4.85. The van der Waals surface area contributed by atoms with Gasteiger partial charge in [-0.1, -0.05) is 60.7 Å². The van der Waals surface area contributed by atoms with Gasteiger partial charge in [0.1, 0.15) is 0 Å². The monoisotopic (exact) mass is 254 g/mol. The van der Waals surface area contributed by atoms with Gasteiger partial charge in [0.05, 0.1) is 0 Å². The average molecular weight is 254 g/mol. The maximum Gasteiger partial charge on any atom is 0.0237 e. The highest BCUT2D eigenvalue weighted by Gasteiger charge is 2.09. The van der Waals surface area contributed by atoms with Crippen LogP contribution in [0.4, 0.5) is 0 Å². The Labute approximate surface area is 115 Å². The van der Waals surface area contributed by atoms with E-state index < -0.39 is 0 Å². The van der Waals surface area contributed by atoms with Gasteiger partial charge in [0.25, 0.3) is 0 Å². The maximum atomic E-state index is 5.96. The van der Waals surface area contributed by atoms with Gasteiger partial charge in [-0.3, -0.25) is 4.90 Å². The van der Waals surface area contributed by atoms with Crippen LogP contribution < -0.4 is 5.73 Å². The van der Waals surface area contributed by atoms with Crippen molar-refractivity contribution in [3.8, 4) is 0 Å². The zero-order valence-electron chi connectivity index (χ0n) is 11.5. The van der Waals surface area contributed by atoms with Crippen molar-refractivity contribution in [2.45, 2.75) is 26.1 Å². The van der Waals surface area contributed by atoms with E-state index in [1.54, 1.807) is 0 Å². The van der Waals surface area contributed by atoms with Gasteiger partial charge in [-0.15, -0.1) is 0 Å². The molecular formula is C17H22N2. The van der Waals surface area contributed by atoms with E-state index in [4.69, 9.17) is 5.73 Å². The summed E-state index contributed by atoms with van der Waals surface area (Å²) in [5.74, 6) is 0. The predicted molar refractivity (Wildman–Crippen MR) is 80.6 cm³/mol. The van der Waals surface area contributed by atoms with Crippen LogP contribution in [-0.2, 0) is 13.1 Å². The van der Waals surface area contributed by atoms with E-state index in [-0.39, 0.29) is 6.04 Å². The number of nitrogens with zero attached hydrogens (tertiary/aromatic N) is 1. The Morgan fingerprint density at radius 2 is 1.26 bits per heavy atom. The topological polar surface area (TPSA) is 29.3 Å². The normalized spacial score (nSPS) is 12.6. The van der Waals surface area contributed by atoms with Crippen LogP contribution in [0.2, 0.25) is 0 Å². The molecule has 0 fully saturated rings. The highest BCUT2D eigenvalue weighted by atomic mass is 15.1. The van der Waals surface area contributed by atoms with Crippen molar-refractivity contribution in [3.63, 3.8) is 0 Å². The van der Waals surface area contributed by atoms with Crippen LogP contribution in [0.5, 0.6) is 0 Å². The minimum atomic E-state index is 0.187. The van der Waals surface area contributed by atoms with E-state index >= 15 is 0 Å². The molecule has 1 atom stereocenters. The van der Waals surface area contributed by atoms with Crippen LogP contribution in [0.15, 0.2) is 60.7 Å². The first kappa shape index (κ1) is 13.8. The minimum absolute atomic E-state index is 0.187. The summed E-state index contributed by atoms with van der Waals surface area (Å²) in [6.07, 6.45) is 0. The minimum Gasteiger partial charge on any atom is -0.327 e. The van der Waals surface area contributed by atoms with Gasteiger partial charge in [-0.2, -0.15) is 0 Å². The lowest BCUT2D eigenvalue weighted by molar-refractivity contribution is 0.244. The number of rotatable bonds is 6. The lowest BCUT2D eigenvalue weighted by Crippen LogP contribution is -2.34. The average Bonchev–Trinajstić information content (AvgIpc) is 2.40. The van der Waals surface area contributed by atoms with Gasteiger partial charge in [-0.25, -0.2) is 0 Å². The van der Waals surface area contributed by atoms with Crippen LogP contribution >= 0.6 is 0 Å². The molecule has 0 aliphatic rings. The van der Waals surface area contributed by atoms with Crippen LogP contribution in [0.25, 0.3) is 0 Å². The van der Waals surface area contributed by atoms with E-state index in [9.17, 15) is 0 Å². The molecule has 2 rings (SSSR count). The van der Waals surface area contributed by atoms with Gasteiger partial charge < -0.3 is 5.73 Å². The van der Waals surface area contributed by atoms with Crippen molar-refractivity contribution in [2.75, 3.05) is 6.54 Å². The first-order valence-corrected chi connectivity index (χ1v) is 6.80. The quantitative estimate of drug-likeness (QED) is 0.858. The Kier molecular flexibility index (Phi) is 5.13. The zero-order chi connectivity index (χ0) is 13.5. The third kappa shape index (κ3) is 4.86. The summed E-state index contributed by atoms with van der Waals surface area (Å²) < 4.78 is 0. The molecule has 0 spiro atoms. The third-order valence-corrected chi connectivity index (χ3v) is 3.04. The van der Waals surface area contributed by atoms with Crippen molar-refractivity contribution in [1.82, 2.24) is 4.90 Å². The Bertz CT molecular complexity index is 424. The van der Waals surface area contributed by atoms with Gasteiger partial charge in [-0.05, 0) is 18.1 Å². The fourth-order valence-electron chi connectivity index (χ4n) is 2.28. The van der Waals surface area contributed by atoms with Crippen LogP contribution in [-0.4, -0.2) is 17.5 Å². The summed E-state index contributed by atoms with van der Waals surface area (Å²) in [5.41, 5.74) is 8.62. The summed E-state index contributed by atoms with van der Waals surface area (Å²) >= 11 is 0. The molecule has 0 saturated heterocycles. The summed E-state index contributed by atoms with van der Waals surface area (Å²) in [5, 5.41) is 0. The van der Waals surface area contributed by atoms with Gasteiger partial charge in [0.15, 0.2) is 0 Å². The molecule has 0 bridgehead atoms. The summed E-state index contributed by atoms with van der Waals surface area (Å²) in [7, 11) is 0. The molecule has 0 aromatic heterocycles. The Morgan fingerprint density at radius 3 is 1.63 bits per heavy atom. The van der Waals surface area contributed by atoms with Crippen molar-refractivity contribution >= 4 is 0 Å². The van der Waals surface area contributed by atoms with Crippen molar-refractivity contribution < 1.29 is 0 Å². The molecule has 2 heteroatoms. The number of hydrogen-bond acceptors (Lipinski definition) is 2. The fraction of sp³-hybridized carbons (Fsp3) is 0.294. The molecule has 0 amide bonds. The summed E-state index contributed by atoms with van der Waals surface area (Å²) in [4.78, 5) is 2.40. The van der Waals surface area contributed by atoms with E-state index in [2.05, 4.69) is 72.5 Å². The Balaban J connectivity index is 2.03. The molecule has 0 heterocycles. The summed E-state index contributed by atoms with van der Waals surface area (Å²) in [6, 6.07) is 21.3. The first-order chi connectivity index (χ1) is 9.24. The third-order valence-electron chi connectivity index (χ3n) is 3.04. The zero-order valence-corrected chi connectivity index (χ0v) is 11.5. The van der Waals surface area contributed by atoms with Crippen LogP contribution in [0.3, 0.4) is 0 Å². The molecule has 0 aliphatic carbocycles. The van der Waals surface area contributed by atoms with E-state index in [0.29, 0.717) is 0 Å². The number of hydrogen-bond donors (Lipinski definition) is 1. The Hall–Kier alpha value is -1.64. The van der Waals surface area contributed by atoms with Crippen molar-refractivity contribution in [2.24, 2.45) is 5.73 Å². The maximum absolute atomic E-state index is 5.96. The van der Waals surface area contributed by atoms with Gasteiger partial charge in [0.2, 0.25) is 0 Å². The SMILES string of the molecule is C[C@@H](N)CN(Cc1ccccc1)Cc1ccccc1. The standard InChI is InChI=1S/C17H22N2/c1-15(18)12-19(13-16-8-4-2-5-9-16)14-17-10-6-3-7-11-17/h2-11,15H,12-14,18H2,1H3/t15-/m1/s1. The largest absolute Gasteiger partial charge is 0.327 e.